The summed E-state index contributed by atoms with van der Waals surface area (Å²) in [5.41, 5.74) is -0.0592. The Hall–Kier alpha value is -1.20. The van der Waals surface area contributed by atoms with Crippen LogP contribution in [0.1, 0.15) is 47.0 Å². The summed E-state index contributed by atoms with van der Waals surface area (Å²) in [6, 6.07) is -0.00572. The maximum Gasteiger partial charge on any atom is 0.498 e. The molecule has 0 radical (unpaired) electrons. The van der Waals surface area contributed by atoms with Crippen molar-refractivity contribution < 1.29 is 24.3 Å². The first kappa shape index (κ1) is 22.5. The van der Waals surface area contributed by atoms with Crippen molar-refractivity contribution in [2.24, 2.45) is 0 Å². The number of hydrogen-bond acceptors (Lipinski definition) is 8. The predicted octanol–water partition coefficient (Wildman–Crippen LogP) is 0.602. The molecule has 0 saturated carbocycles. The maximum atomic E-state index is 12.3. The van der Waals surface area contributed by atoms with E-state index >= 15 is 0 Å². The highest BCUT2D eigenvalue weighted by Gasteiger charge is 2.52. The van der Waals surface area contributed by atoms with Gasteiger partial charge in [0, 0.05) is 36.2 Å². The third-order valence-corrected chi connectivity index (χ3v) is 6.97. The molecule has 2 aliphatic heterocycles. The molecule has 8 nitrogen and oxygen atoms in total. The second-order valence-electron chi connectivity index (χ2n) is 8.58. The minimum atomic E-state index is -1.35. The number of piperidine rings is 1. The molecule has 2 atom stereocenters. The average Bonchev–Trinajstić information content (AvgIpc) is 2.93. The number of aliphatic hydroxyl groups is 2. The summed E-state index contributed by atoms with van der Waals surface area (Å²) in [7, 11) is -0.495. The topological polar surface area (TPSA) is 105 Å². The Morgan fingerprint density at radius 3 is 2.48 bits per heavy atom. The molecular formula is C19H30BN3O5S. The van der Waals surface area contributed by atoms with Crippen LogP contribution in [-0.2, 0) is 14.1 Å². The number of likely N-dealkylation sites (tertiary alicyclic amines) is 1. The third kappa shape index (κ3) is 4.94. The smallest absolute Gasteiger partial charge is 0.399 e. The Morgan fingerprint density at radius 2 is 1.90 bits per heavy atom. The first-order valence-corrected chi connectivity index (χ1v) is 11.0. The Kier molecular flexibility index (Phi) is 6.90. The minimum Gasteiger partial charge on any atom is -0.399 e. The highest BCUT2D eigenvalue weighted by atomic mass is 32.2. The van der Waals surface area contributed by atoms with Crippen molar-refractivity contribution in [3.8, 4) is 0 Å². The van der Waals surface area contributed by atoms with E-state index in [1.54, 1.807) is 17.3 Å². The van der Waals surface area contributed by atoms with Gasteiger partial charge in [0.1, 0.15) is 0 Å². The monoisotopic (exact) mass is 423 g/mol. The van der Waals surface area contributed by atoms with Crippen LogP contribution in [0.15, 0.2) is 17.6 Å². The summed E-state index contributed by atoms with van der Waals surface area (Å²) in [5.74, 6) is 0.231. The molecule has 0 bridgehead atoms. The summed E-state index contributed by atoms with van der Waals surface area (Å²) >= 11 is 1.48. The van der Waals surface area contributed by atoms with Crippen molar-refractivity contribution in [3.05, 3.63) is 12.4 Å². The predicted molar refractivity (Wildman–Crippen MR) is 111 cm³/mol. The third-order valence-electron chi connectivity index (χ3n) is 5.95. The van der Waals surface area contributed by atoms with E-state index in [1.807, 2.05) is 27.7 Å². The van der Waals surface area contributed by atoms with Crippen molar-refractivity contribution >= 4 is 30.3 Å². The molecule has 10 heteroatoms. The van der Waals surface area contributed by atoms with Crippen LogP contribution in [0.2, 0.25) is 0 Å². The van der Waals surface area contributed by atoms with Crippen LogP contribution in [0.5, 0.6) is 0 Å². The molecule has 29 heavy (non-hydrogen) atoms. The molecule has 0 aliphatic carbocycles. The fourth-order valence-electron chi connectivity index (χ4n) is 3.41. The molecule has 160 valence electrons. The van der Waals surface area contributed by atoms with Crippen LogP contribution in [0, 0.1) is 0 Å². The van der Waals surface area contributed by atoms with Gasteiger partial charge in [-0.1, -0.05) is 11.8 Å². The van der Waals surface area contributed by atoms with Gasteiger partial charge in [-0.15, -0.1) is 0 Å². The van der Waals surface area contributed by atoms with E-state index in [2.05, 4.69) is 9.97 Å². The van der Waals surface area contributed by atoms with Gasteiger partial charge >= 0.3 is 7.12 Å². The molecule has 2 aliphatic rings. The van der Waals surface area contributed by atoms with Crippen molar-refractivity contribution in [2.75, 3.05) is 18.9 Å². The van der Waals surface area contributed by atoms with Crippen LogP contribution in [0.4, 0.5) is 0 Å². The number of thioether (sulfide) groups is 1. The normalized spacial score (nSPS) is 24.6. The zero-order valence-electron chi connectivity index (χ0n) is 17.5. The highest BCUT2D eigenvalue weighted by molar-refractivity contribution is 7.99. The molecule has 3 heterocycles. The Morgan fingerprint density at radius 1 is 1.28 bits per heavy atom. The van der Waals surface area contributed by atoms with Gasteiger partial charge in [0.2, 0.25) is 0 Å². The van der Waals surface area contributed by atoms with E-state index in [0.717, 1.165) is 24.7 Å². The molecule has 0 spiro atoms. The van der Waals surface area contributed by atoms with E-state index in [-0.39, 0.29) is 6.04 Å². The Bertz CT molecular complexity index is 702. The van der Waals surface area contributed by atoms with Crippen LogP contribution >= 0.6 is 11.8 Å². The van der Waals surface area contributed by atoms with Crippen molar-refractivity contribution in [3.63, 3.8) is 0 Å². The van der Waals surface area contributed by atoms with Gasteiger partial charge < -0.3 is 24.4 Å². The highest BCUT2D eigenvalue weighted by Crippen LogP contribution is 2.36. The van der Waals surface area contributed by atoms with E-state index in [1.165, 1.54) is 11.8 Å². The number of rotatable bonds is 6. The maximum absolute atomic E-state index is 12.3. The second-order valence-corrected chi connectivity index (χ2v) is 9.56. The second kappa shape index (κ2) is 8.89. The molecule has 1 aromatic rings. The minimum absolute atomic E-state index is 0.00572. The van der Waals surface area contributed by atoms with Gasteiger partial charge in [-0.3, -0.25) is 4.79 Å². The van der Waals surface area contributed by atoms with Crippen molar-refractivity contribution in [1.29, 1.82) is 0 Å². The largest absolute Gasteiger partial charge is 0.498 e. The van der Waals surface area contributed by atoms with Crippen LogP contribution in [-0.4, -0.2) is 80.4 Å². The fraction of sp³-hybridized carbons (Fsp3) is 0.737. The summed E-state index contributed by atoms with van der Waals surface area (Å²) in [6.45, 7) is 8.06. The van der Waals surface area contributed by atoms with Crippen molar-refractivity contribution in [1.82, 2.24) is 14.9 Å². The molecule has 0 aromatic carbocycles. The molecular weight excluding hydrogens is 393 g/mol. The lowest BCUT2D eigenvalue weighted by Crippen LogP contribution is -2.50. The summed E-state index contributed by atoms with van der Waals surface area (Å²) in [5, 5.41) is 19.4. The van der Waals surface area contributed by atoms with Gasteiger partial charge in [-0.25, -0.2) is 9.97 Å². The number of aliphatic hydroxyl groups excluding tert-OH is 2. The summed E-state index contributed by atoms with van der Waals surface area (Å²) < 4.78 is 12.0. The molecule has 2 saturated heterocycles. The lowest BCUT2D eigenvalue weighted by molar-refractivity contribution is -0.145. The van der Waals surface area contributed by atoms with E-state index in [0.29, 0.717) is 17.5 Å². The summed E-state index contributed by atoms with van der Waals surface area (Å²) in [4.78, 5) is 22.8. The number of nitrogens with zero attached hydrogens (tertiary/aromatic N) is 3. The molecule has 2 unspecified atom stereocenters. The number of carbonyl (C=O) groups excluding carboxylic acids is 1. The van der Waals surface area contributed by atoms with Gasteiger partial charge in [0.15, 0.2) is 11.3 Å². The van der Waals surface area contributed by atoms with E-state index < -0.39 is 36.9 Å². The molecule has 2 fully saturated rings. The van der Waals surface area contributed by atoms with Gasteiger partial charge in [-0.2, -0.15) is 0 Å². The lowest BCUT2D eigenvalue weighted by atomic mass is 9.81. The van der Waals surface area contributed by atoms with Gasteiger partial charge in [0.25, 0.3) is 5.91 Å². The lowest BCUT2D eigenvalue weighted by Gasteiger charge is -2.36. The van der Waals surface area contributed by atoms with E-state index in [9.17, 15) is 9.90 Å². The fourth-order valence-corrected chi connectivity index (χ4v) is 4.35. The quantitative estimate of drug-likeness (QED) is 0.390. The Labute approximate surface area is 176 Å². The number of carbonyl (C=O) groups is 1. The summed E-state index contributed by atoms with van der Waals surface area (Å²) in [6.07, 6.45) is 4.89. The molecule has 1 amide bonds. The number of hydrogen-bond donors (Lipinski definition) is 2. The average molecular weight is 423 g/mol. The zero-order chi connectivity index (χ0) is 21.2. The Balaban J connectivity index is 1.59. The molecule has 2 N–H and O–H groups in total. The van der Waals surface area contributed by atoms with Crippen molar-refractivity contribution in [2.45, 2.75) is 75.5 Å². The first-order chi connectivity index (χ1) is 13.6. The van der Waals surface area contributed by atoms with Crippen LogP contribution in [0.25, 0.3) is 0 Å². The van der Waals surface area contributed by atoms with Crippen LogP contribution in [0.3, 0.4) is 0 Å². The number of aromatic nitrogens is 2. The first-order valence-electron chi connectivity index (χ1n) is 10.0. The SMILES string of the molecule is CC1(C)OB(c2cnc(SCC3CCCCN3C(=O)C(O)CO)nc2)OC1(C)C. The van der Waals surface area contributed by atoms with Gasteiger partial charge in [0.05, 0.1) is 17.8 Å². The standard InChI is InChI=1S/C19H30BN3O5S/c1-18(2)19(3,4)28-20(27-18)13-9-21-17(22-10-13)29-12-14-7-5-6-8-23(14)16(26)15(25)11-24/h9-10,14-15,24-25H,5-8,11-12H2,1-4H3. The van der Waals surface area contributed by atoms with E-state index in [4.69, 9.17) is 14.4 Å². The number of amides is 1. The van der Waals surface area contributed by atoms with Crippen LogP contribution < -0.4 is 5.46 Å². The molecule has 3 rings (SSSR count). The van der Waals surface area contributed by atoms with Gasteiger partial charge in [-0.05, 0) is 47.0 Å². The molecule has 1 aromatic heterocycles. The zero-order valence-corrected chi connectivity index (χ0v) is 18.3.